The summed E-state index contributed by atoms with van der Waals surface area (Å²) in [5.41, 5.74) is 0.284. The van der Waals surface area contributed by atoms with Gasteiger partial charge in [-0.15, -0.1) is 0 Å². The summed E-state index contributed by atoms with van der Waals surface area (Å²) in [6.45, 7) is 12.2. The Bertz CT molecular complexity index is 1720. The number of hydrogen-bond donors (Lipinski definition) is 11. The maximum Gasteiger partial charge on any atom is 0.635 e. The molecule has 0 aliphatic carbocycles. The summed E-state index contributed by atoms with van der Waals surface area (Å²) in [4.78, 5) is 116. The molecule has 0 aromatic heterocycles. The minimum absolute atomic E-state index is 0.122. The van der Waals surface area contributed by atoms with Gasteiger partial charge in [0.1, 0.15) is 36.4 Å². The Hall–Kier alpha value is -5.61. The van der Waals surface area contributed by atoms with Gasteiger partial charge in [0.25, 0.3) is 0 Å². The minimum Gasteiger partial charge on any atom is -0.481 e. The molecule has 1 aromatic carbocycles. The summed E-state index contributed by atoms with van der Waals surface area (Å²) in [5.74, 6) is -9.95. The van der Waals surface area contributed by atoms with Crippen LogP contribution in [0.5, 0.6) is 0 Å². The van der Waals surface area contributed by atoms with Crippen molar-refractivity contribution in [2.75, 3.05) is 0 Å². The Labute approximate surface area is 361 Å². The van der Waals surface area contributed by atoms with E-state index in [4.69, 9.17) is 9.76 Å². The van der Waals surface area contributed by atoms with Crippen LogP contribution < -0.4 is 31.9 Å². The van der Waals surface area contributed by atoms with Crippen LogP contribution in [0, 0.1) is 18.3 Å². The lowest BCUT2D eigenvalue weighted by Gasteiger charge is -2.34. The first kappa shape index (κ1) is 54.4. The van der Waals surface area contributed by atoms with Crippen LogP contribution in [0.4, 0.5) is 0 Å². The summed E-state index contributed by atoms with van der Waals surface area (Å²) in [7, 11) is -2.18. The van der Waals surface area contributed by atoms with Crippen LogP contribution in [0.1, 0.15) is 110 Å². The summed E-state index contributed by atoms with van der Waals surface area (Å²) >= 11 is 0. The number of carboxylic acid groups (broad SMARTS) is 3. The molecule has 0 spiro atoms. The average molecular weight is 879 g/mol. The number of aliphatic carboxylic acids is 3. The molecule has 0 saturated heterocycles. The molecule has 0 fully saturated rings. The van der Waals surface area contributed by atoms with E-state index in [9.17, 15) is 63.4 Å². The number of nitrogens with one attached hydrogen (secondary N) is 6. The predicted octanol–water partition coefficient (Wildman–Crippen LogP) is -0.123. The molecule has 0 heterocycles. The van der Waals surface area contributed by atoms with E-state index in [1.165, 1.54) is 0 Å². The maximum atomic E-state index is 14.3. The van der Waals surface area contributed by atoms with Crippen molar-refractivity contribution in [2.45, 2.75) is 149 Å². The van der Waals surface area contributed by atoms with Gasteiger partial charge in [-0.3, -0.25) is 43.2 Å². The number of aryl methyl sites for hydroxylation is 1. The zero-order chi connectivity index (χ0) is 47.3. The molecule has 1 rings (SSSR count). The Morgan fingerprint density at radius 3 is 1.74 bits per heavy atom. The number of hydrogen-bond acceptors (Lipinski definition) is 12. The number of benzene rings is 1. The Balaban J connectivity index is 3.56. The largest absolute Gasteiger partial charge is 0.635 e. The summed E-state index contributed by atoms with van der Waals surface area (Å²) in [6.07, 6.45) is -3.02. The zero-order valence-corrected chi connectivity index (χ0v) is 36.3. The molecule has 22 heteroatoms. The minimum atomic E-state index is -2.18. The maximum absolute atomic E-state index is 14.3. The number of carbonyl (C=O) groups excluding carboxylic acids is 6. The van der Waals surface area contributed by atoms with E-state index in [-0.39, 0.29) is 25.2 Å². The lowest BCUT2D eigenvalue weighted by molar-refractivity contribution is -0.142. The monoisotopic (exact) mass is 878 g/mol. The second kappa shape index (κ2) is 26.7. The van der Waals surface area contributed by atoms with Crippen LogP contribution in [0.15, 0.2) is 24.3 Å². The number of amides is 6. The lowest BCUT2D eigenvalue weighted by atomic mass is 9.85. The highest BCUT2D eigenvalue weighted by Gasteiger charge is 2.38. The first-order valence-corrected chi connectivity index (χ1v) is 20.4. The molecular weight excluding hydrogens is 815 g/mol. The van der Waals surface area contributed by atoms with Crippen LogP contribution in [0.25, 0.3) is 0 Å². The molecule has 62 heavy (non-hydrogen) atoms. The second-order valence-corrected chi connectivity index (χ2v) is 16.4. The van der Waals surface area contributed by atoms with E-state index >= 15 is 0 Å². The van der Waals surface area contributed by atoms with Crippen molar-refractivity contribution in [3.63, 3.8) is 0 Å². The standard InChI is InChI=1S/C40H63BN6O15/c1-8-9-14-30(62-41(60)61)46-37(57)26(19-22(2)3)45-39(59)34(40(5,6)7)47-38(58)27(20-24-13-11-10-12-23(24)4)44-35(55)25(15-17-31(49)50)43-36(56)28(21-33(53)54)42-29(48)16-18-32(51)52/h10-13,22,25-28,30,34,60-61H,8-9,14-21H2,1-7H3,(H,42,48)(H,43,56)(H,44,55)(H,45,59)(H,46,57)(H,47,58)(H,49,50)(H,51,52)(H,53,54)/t25-,26-,27-,28-,30+,34+/m0/s1. The van der Waals surface area contributed by atoms with E-state index in [0.717, 1.165) is 0 Å². The first-order valence-electron chi connectivity index (χ1n) is 20.4. The highest BCUT2D eigenvalue weighted by atomic mass is 16.6. The molecule has 6 atom stereocenters. The predicted molar refractivity (Wildman–Crippen MR) is 222 cm³/mol. The van der Waals surface area contributed by atoms with Crippen LogP contribution in [0.2, 0.25) is 0 Å². The molecule has 0 aliphatic heterocycles. The normalized spacial score (nSPS) is 14.2. The van der Waals surface area contributed by atoms with Crippen LogP contribution in [0.3, 0.4) is 0 Å². The molecule has 0 unspecified atom stereocenters. The van der Waals surface area contributed by atoms with Crippen molar-refractivity contribution in [3.05, 3.63) is 35.4 Å². The average Bonchev–Trinajstić information content (AvgIpc) is 3.15. The van der Waals surface area contributed by atoms with Crippen molar-refractivity contribution in [1.82, 2.24) is 31.9 Å². The fraction of sp³-hybridized carbons (Fsp3) is 0.625. The molecule has 1 aromatic rings. The number of rotatable bonds is 28. The molecule has 0 radical (unpaired) electrons. The smallest absolute Gasteiger partial charge is 0.481 e. The number of carbonyl (C=O) groups is 9. The third-order valence-corrected chi connectivity index (χ3v) is 9.36. The Morgan fingerprint density at radius 1 is 0.661 bits per heavy atom. The molecule has 6 amide bonds. The topological polar surface area (TPSA) is 336 Å². The SMILES string of the molecule is CCCC[C@H](NC(=O)[C@H](CC(C)C)NC(=O)[C@@H](NC(=O)[C@H](Cc1ccccc1C)NC(=O)[C@H](CCC(=O)O)NC(=O)[C@H](CC(=O)O)NC(=O)CCC(=O)O)C(C)(C)C)OB(O)O. The van der Waals surface area contributed by atoms with Crippen molar-refractivity contribution in [3.8, 4) is 0 Å². The highest BCUT2D eigenvalue weighted by molar-refractivity contribution is 6.32. The van der Waals surface area contributed by atoms with Crippen molar-refractivity contribution in [2.24, 2.45) is 11.3 Å². The Kier molecular flexibility index (Phi) is 23.4. The third kappa shape index (κ3) is 21.3. The molecular formula is C40H63BN6O15. The number of carboxylic acids is 3. The Morgan fingerprint density at radius 2 is 1.21 bits per heavy atom. The first-order chi connectivity index (χ1) is 28.8. The molecule has 0 aliphatic rings. The molecule has 0 saturated carbocycles. The van der Waals surface area contributed by atoms with Gasteiger partial charge in [-0.1, -0.05) is 72.2 Å². The second-order valence-electron chi connectivity index (χ2n) is 16.4. The fourth-order valence-electron chi connectivity index (χ4n) is 6.07. The van der Waals surface area contributed by atoms with E-state index in [1.54, 1.807) is 52.0 Å². The molecule has 21 nitrogen and oxygen atoms in total. The van der Waals surface area contributed by atoms with Gasteiger partial charge in [0.2, 0.25) is 35.4 Å². The van der Waals surface area contributed by atoms with Gasteiger partial charge in [0.05, 0.1) is 12.8 Å². The van der Waals surface area contributed by atoms with Crippen molar-refractivity contribution in [1.29, 1.82) is 0 Å². The van der Waals surface area contributed by atoms with Gasteiger partial charge < -0.3 is 61.9 Å². The molecule has 0 bridgehead atoms. The lowest BCUT2D eigenvalue weighted by Crippen LogP contribution is -2.62. The van der Waals surface area contributed by atoms with E-state index in [1.807, 2.05) is 20.8 Å². The quantitative estimate of drug-likeness (QED) is 0.0386. The van der Waals surface area contributed by atoms with E-state index < -0.39 is 135 Å². The zero-order valence-electron chi connectivity index (χ0n) is 36.3. The van der Waals surface area contributed by atoms with Gasteiger partial charge in [0.15, 0.2) is 0 Å². The van der Waals surface area contributed by atoms with Crippen LogP contribution in [-0.4, -0.2) is 122 Å². The van der Waals surface area contributed by atoms with Gasteiger partial charge >= 0.3 is 25.2 Å². The summed E-state index contributed by atoms with van der Waals surface area (Å²) < 4.78 is 5.04. The summed E-state index contributed by atoms with van der Waals surface area (Å²) in [5, 5.41) is 61.4. The van der Waals surface area contributed by atoms with E-state index in [2.05, 4.69) is 31.9 Å². The van der Waals surface area contributed by atoms with Crippen molar-refractivity contribution >= 4 is 60.7 Å². The summed E-state index contributed by atoms with van der Waals surface area (Å²) in [6, 6.07) is -0.628. The number of unbranched alkanes of at least 4 members (excludes halogenated alkanes) is 1. The highest BCUT2D eigenvalue weighted by Crippen LogP contribution is 2.21. The molecule has 11 N–H and O–H groups in total. The third-order valence-electron chi connectivity index (χ3n) is 9.36. The molecule has 346 valence electrons. The van der Waals surface area contributed by atoms with Crippen LogP contribution in [-0.2, 0) is 54.2 Å². The van der Waals surface area contributed by atoms with Gasteiger partial charge in [0, 0.05) is 19.3 Å². The van der Waals surface area contributed by atoms with Gasteiger partial charge in [-0.25, -0.2) is 0 Å². The fourth-order valence-corrected chi connectivity index (χ4v) is 6.07. The van der Waals surface area contributed by atoms with Crippen LogP contribution >= 0.6 is 0 Å². The van der Waals surface area contributed by atoms with Gasteiger partial charge in [-0.05, 0) is 55.1 Å². The van der Waals surface area contributed by atoms with E-state index in [0.29, 0.717) is 24.0 Å². The van der Waals surface area contributed by atoms with Gasteiger partial charge in [-0.2, -0.15) is 0 Å². The van der Waals surface area contributed by atoms with Crippen molar-refractivity contribution < 1.29 is 73.2 Å².